The van der Waals surface area contributed by atoms with Crippen LogP contribution in [0.5, 0.6) is 28.7 Å². The SMILES string of the molecule is COc1ccc2c(=O)c3c(OC(C)=O)cc(OCc4cn(CC(=O)Nc5ccc(OC)c(OC)c5)nn4)cc3oc2c1. The molecule has 5 rings (SSSR count). The van der Waals surface area contributed by atoms with E-state index in [9.17, 15) is 14.4 Å². The van der Waals surface area contributed by atoms with Crippen molar-refractivity contribution in [3.8, 4) is 28.7 Å². The summed E-state index contributed by atoms with van der Waals surface area (Å²) in [6.07, 6.45) is 1.56. The number of esters is 1. The summed E-state index contributed by atoms with van der Waals surface area (Å²) >= 11 is 0. The molecule has 0 radical (unpaired) electrons. The van der Waals surface area contributed by atoms with Crippen molar-refractivity contribution in [3.05, 3.63) is 70.6 Å². The molecule has 0 bridgehead atoms. The van der Waals surface area contributed by atoms with Gasteiger partial charge in [0.25, 0.3) is 0 Å². The average Bonchev–Trinajstić information content (AvgIpc) is 3.42. The Hall–Kier alpha value is -5.59. The Labute approximate surface area is 238 Å². The molecule has 3 aromatic carbocycles. The highest BCUT2D eigenvalue weighted by Gasteiger charge is 2.18. The van der Waals surface area contributed by atoms with Crippen LogP contribution in [0.2, 0.25) is 0 Å². The van der Waals surface area contributed by atoms with Crippen LogP contribution in [0.3, 0.4) is 0 Å². The Morgan fingerprint density at radius 2 is 1.69 bits per heavy atom. The largest absolute Gasteiger partial charge is 0.497 e. The molecule has 0 atom stereocenters. The fourth-order valence-electron chi connectivity index (χ4n) is 4.24. The van der Waals surface area contributed by atoms with E-state index in [2.05, 4.69) is 15.6 Å². The normalized spacial score (nSPS) is 10.9. The third-order valence-electron chi connectivity index (χ3n) is 6.12. The Bertz CT molecular complexity index is 1860. The van der Waals surface area contributed by atoms with E-state index in [1.54, 1.807) is 42.6 Å². The number of nitrogens with one attached hydrogen (secondary N) is 1. The van der Waals surface area contributed by atoms with E-state index in [1.807, 2.05) is 0 Å². The molecule has 42 heavy (non-hydrogen) atoms. The first-order chi connectivity index (χ1) is 20.3. The van der Waals surface area contributed by atoms with Gasteiger partial charge >= 0.3 is 5.97 Å². The lowest BCUT2D eigenvalue weighted by Gasteiger charge is -2.11. The molecular formula is C29H26N4O9. The first-order valence-corrected chi connectivity index (χ1v) is 12.6. The number of ether oxygens (including phenoxy) is 5. The van der Waals surface area contributed by atoms with Crippen LogP contribution in [0.25, 0.3) is 21.9 Å². The van der Waals surface area contributed by atoms with E-state index in [0.29, 0.717) is 39.6 Å². The summed E-state index contributed by atoms with van der Waals surface area (Å²) in [5.41, 5.74) is 1.04. The zero-order valence-corrected chi connectivity index (χ0v) is 23.1. The number of amides is 1. The number of carbonyl (C=O) groups excluding carboxylic acids is 2. The van der Waals surface area contributed by atoms with E-state index in [1.165, 1.54) is 45.1 Å². The number of anilines is 1. The molecule has 0 spiro atoms. The van der Waals surface area contributed by atoms with Crippen molar-refractivity contribution in [2.24, 2.45) is 0 Å². The van der Waals surface area contributed by atoms with Crippen LogP contribution in [0.4, 0.5) is 5.69 Å². The molecule has 0 fully saturated rings. The minimum Gasteiger partial charge on any atom is -0.497 e. The molecular weight excluding hydrogens is 548 g/mol. The summed E-state index contributed by atoms with van der Waals surface area (Å²) in [5.74, 6) is 0.836. The standard InChI is InChI=1S/C29H26N4O9/c1-16(34)41-25-11-20(12-26-28(25)29(36)21-7-6-19(37-2)10-23(21)42-26)40-15-18-13-33(32-31-18)14-27(35)30-17-5-8-22(38-3)24(9-17)39-4/h5-13H,14-15H2,1-4H3,(H,30,35). The molecule has 1 N–H and O–H groups in total. The van der Waals surface area contributed by atoms with Crippen molar-refractivity contribution < 1.29 is 37.7 Å². The Morgan fingerprint density at radius 1 is 0.905 bits per heavy atom. The van der Waals surface area contributed by atoms with Crippen LogP contribution in [0.1, 0.15) is 12.6 Å². The number of hydrogen-bond acceptors (Lipinski definition) is 11. The molecule has 13 heteroatoms. The van der Waals surface area contributed by atoms with Gasteiger partial charge in [0.1, 0.15) is 52.6 Å². The van der Waals surface area contributed by atoms with Gasteiger partial charge in [-0.15, -0.1) is 5.10 Å². The Balaban J connectivity index is 1.32. The smallest absolute Gasteiger partial charge is 0.308 e. The van der Waals surface area contributed by atoms with E-state index >= 15 is 0 Å². The summed E-state index contributed by atoms with van der Waals surface area (Å²) in [5, 5.41) is 11.2. The van der Waals surface area contributed by atoms with E-state index < -0.39 is 5.97 Å². The van der Waals surface area contributed by atoms with Gasteiger partial charge in [-0.05, 0) is 24.3 Å². The van der Waals surface area contributed by atoms with Crippen LogP contribution >= 0.6 is 0 Å². The van der Waals surface area contributed by atoms with Crippen LogP contribution in [-0.4, -0.2) is 48.2 Å². The number of benzene rings is 3. The maximum absolute atomic E-state index is 13.2. The molecule has 0 unspecified atom stereocenters. The lowest BCUT2D eigenvalue weighted by Crippen LogP contribution is -2.19. The molecule has 1 amide bonds. The summed E-state index contributed by atoms with van der Waals surface area (Å²) in [4.78, 5) is 37.6. The number of rotatable bonds is 10. The van der Waals surface area contributed by atoms with Gasteiger partial charge in [0.15, 0.2) is 11.5 Å². The van der Waals surface area contributed by atoms with Gasteiger partial charge in [-0.25, -0.2) is 4.68 Å². The van der Waals surface area contributed by atoms with Gasteiger partial charge in [-0.1, -0.05) is 5.21 Å². The Morgan fingerprint density at radius 3 is 2.43 bits per heavy atom. The van der Waals surface area contributed by atoms with Crippen molar-refractivity contribution in [1.29, 1.82) is 0 Å². The van der Waals surface area contributed by atoms with Crippen molar-refractivity contribution >= 4 is 39.5 Å². The predicted octanol–water partition coefficient (Wildman–Crippen LogP) is 3.71. The van der Waals surface area contributed by atoms with E-state index in [4.69, 9.17) is 28.1 Å². The van der Waals surface area contributed by atoms with Gasteiger partial charge in [0, 0.05) is 36.9 Å². The number of carbonyl (C=O) groups is 2. The van der Waals surface area contributed by atoms with Crippen LogP contribution < -0.4 is 34.4 Å². The third kappa shape index (κ3) is 5.94. The average molecular weight is 575 g/mol. The zero-order valence-electron chi connectivity index (χ0n) is 23.1. The molecule has 13 nitrogen and oxygen atoms in total. The summed E-state index contributed by atoms with van der Waals surface area (Å²) in [6, 6.07) is 12.8. The van der Waals surface area contributed by atoms with Gasteiger partial charge in [0.2, 0.25) is 11.3 Å². The number of nitrogens with zero attached hydrogens (tertiary/aromatic N) is 3. The summed E-state index contributed by atoms with van der Waals surface area (Å²) in [7, 11) is 4.54. The molecule has 0 saturated carbocycles. The molecule has 216 valence electrons. The lowest BCUT2D eigenvalue weighted by molar-refractivity contribution is -0.131. The van der Waals surface area contributed by atoms with E-state index in [-0.39, 0.29) is 47.0 Å². The molecule has 0 aliphatic carbocycles. The van der Waals surface area contributed by atoms with Crippen molar-refractivity contribution in [2.45, 2.75) is 20.1 Å². The molecule has 5 aromatic rings. The molecule has 0 saturated heterocycles. The second-order valence-corrected chi connectivity index (χ2v) is 9.00. The minimum absolute atomic E-state index is 0.00282. The topological polar surface area (TPSA) is 153 Å². The lowest BCUT2D eigenvalue weighted by atomic mass is 10.1. The second-order valence-electron chi connectivity index (χ2n) is 9.00. The molecule has 0 aliphatic heterocycles. The first kappa shape index (κ1) is 28.0. The highest BCUT2D eigenvalue weighted by atomic mass is 16.5. The predicted molar refractivity (Wildman–Crippen MR) is 150 cm³/mol. The number of hydrogen-bond donors (Lipinski definition) is 1. The van der Waals surface area contributed by atoms with Crippen molar-refractivity contribution in [1.82, 2.24) is 15.0 Å². The van der Waals surface area contributed by atoms with E-state index in [0.717, 1.165) is 0 Å². The van der Waals surface area contributed by atoms with Crippen molar-refractivity contribution in [3.63, 3.8) is 0 Å². The summed E-state index contributed by atoms with van der Waals surface area (Å²) < 4.78 is 34.2. The van der Waals surface area contributed by atoms with Crippen LogP contribution in [-0.2, 0) is 22.7 Å². The Kier molecular flexibility index (Phi) is 7.91. The van der Waals surface area contributed by atoms with Crippen molar-refractivity contribution in [2.75, 3.05) is 26.6 Å². The number of methoxy groups -OCH3 is 3. The van der Waals surface area contributed by atoms with Gasteiger partial charge in [-0.3, -0.25) is 14.4 Å². The maximum atomic E-state index is 13.2. The zero-order chi connectivity index (χ0) is 29.8. The molecule has 2 aromatic heterocycles. The van der Waals surface area contributed by atoms with Gasteiger partial charge in [0.05, 0.1) is 32.9 Å². The quantitative estimate of drug-likeness (QED) is 0.148. The van der Waals surface area contributed by atoms with Crippen LogP contribution in [0.15, 0.2) is 63.9 Å². The fraction of sp³-hybridized carbons (Fsp3) is 0.207. The second kappa shape index (κ2) is 11.9. The highest BCUT2D eigenvalue weighted by Crippen LogP contribution is 2.33. The highest BCUT2D eigenvalue weighted by molar-refractivity contribution is 5.95. The number of aromatic nitrogens is 3. The monoisotopic (exact) mass is 574 g/mol. The first-order valence-electron chi connectivity index (χ1n) is 12.6. The van der Waals surface area contributed by atoms with Gasteiger partial charge in [-0.2, -0.15) is 0 Å². The third-order valence-corrected chi connectivity index (χ3v) is 6.12. The van der Waals surface area contributed by atoms with Crippen LogP contribution in [0, 0.1) is 0 Å². The molecule has 0 aliphatic rings. The van der Waals surface area contributed by atoms with Gasteiger partial charge < -0.3 is 33.4 Å². The minimum atomic E-state index is -0.614. The summed E-state index contributed by atoms with van der Waals surface area (Å²) in [6.45, 7) is 1.09. The maximum Gasteiger partial charge on any atom is 0.308 e. The fourth-order valence-corrected chi connectivity index (χ4v) is 4.24. The molecule has 2 heterocycles. The number of fused-ring (bicyclic) bond motifs is 2.